The second-order valence-electron chi connectivity index (χ2n) is 7.16. The van der Waals surface area contributed by atoms with E-state index in [9.17, 15) is 22.8 Å². The molecular weight excluding hydrogens is 381 g/mol. The van der Waals surface area contributed by atoms with Crippen molar-refractivity contribution in [1.82, 2.24) is 0 Å². The van der Waals surface area contributed by atoms with E-state index in [1.54, 1.807) is 30.3 Å². The molecule has 1 fully saturated rings. The summed E-state index contributed by atoms with van der Waals surface area (Å²) in [5.74, 6) is -0.765. The Morgan fingerprint density at radius 2 is 1.55 bits per heavy atom. The fraction of sp³-hybridized carbons (Fsp3) is 0.273. The van der Waals surface area contributed by atoms with Gasteiger partial charge in [0.15, 0.2) is 0 Å². The maximum atomic E-state index is 13.0. The third-order valence-electron chi connectivity index (χ3n) is 5.35. The Kier molecular flexibility index (Phi) is 4.90. The predicted molar refractivity (Wildman–Crippen MR) is 103 cm³/mol. The highest BCUT2D eigenvalue weighted by atomic mass is 19.4. The van der Waals surface area contributed by atoms with Crippen LogP contribution in [-0.2, 0) is 15.8 Å². The fourth-order valence-electron chi connectivity index (χ4n) is 3.95. The van der Waals surface area contributed by atoms with E-state index in [2.05, 4.69) is 0 Å². The Morgan fingerprint density at radius 1 is 0.862 bits per heavy atom. The summed E-state index contributed by atoms with van der Waals surface area (Å²) in [7, 11) is 0. The molecule has 2 aliphatic rings. The minimum absolute atomic E-state index is 0.342. The van der Waals surface area contributed by atoms with E-state index in [0.717, 1.165) is 29.9 Å². The van der Waals surface area contributed by atoms with Gasteiger partial charge in [0.05, 0.1) is 17.3 Å². The molecule has 0 spiro atoms. The van der Waals surface area contributed by atoms with E-state index in [0.29, 0.717) is 29.9 Å². The van der Waals surface area contributed by atoms with E-state index in [1.165, 1.54) is 18.2 Å². The Balaban J connectivity index is 1.62. The van der Waals surface area contributed by atoms with Crippen molar-refractivity contribution < 1.29 is 22.8 Å². The van der Waals surface area contributed by atoms with Gasteiger partial charge >= 0.3 is 6.18 Å². The lowest BCUT2D eigenvalue weighted by atomic mass is 9.94. The number of carbonyl (C=O) groups excluding carboxylic acids is 2. The van der Waals surface area contributed by atoms with Gasteiger partial charge in [-0.05, 0) is 55.7 Å². The number of amides is 2. The van der Waals surface area contributed by atoms with Crippen LogP contribution in [0.25, 0.3) is 0 Å². The molecule has 1 unspecified atom stereocenters. The van der Waals surface area contributed by atoms with Gasteiger partial charge in [0.2, 0.25) is 0 Å². The monoisotopic (exact) mass is 400 g/mol. The molecule has 150 valence electrons. The summed E-state index contributed by atoms with van der Waals surface area (Å²) in [6.07, 6.45) is -0.620. The minimum Gasteiger partial charge on any atom is -0.364 e. The highest BCUT2D eigenvalue weighted by Gasteiger charge is 2.39. The van der Waals surface area contributed by atoms with Gasteiger partial charge < -0.3 is 4.90 Å². The van der Waals surface area contributed by atoms with Gasteiger partial charge in [0, 0.05) is 23.9 Å². The molecule has 4 nitrogen and oxygen atoms in total. The largest absolute Gasteiger partial charge is 0.416 e. The lowest BCUT2D eigenvalue weighted by Crippen LogP contribution is -2.44. The molecule has 0 aromatic heterocycles. The number of hydrogen-bond acceptors (Lipinski definition) is 3. The van der Waals surface area contributed by atoms with Crippen LogP contribution < -0.4 is 9.80 Å². The average molecular weight is 400 g/mol. The lowest BCUT2D eigenvalue weighted by Gasteiger charge is -2.38. The summed E-state index contributed by atoms with van der Waals surface area (Å²) in [6.45, 7) is 0.611. The molecule has 0 bridgehead atoms. The number of carbonyl (C=O) groups is 2. The van der Waals surface area contributed by atoms with E-state index in [1.807, 2.05) is 4.90 Å². The molecule has 0 saturated carbocycles. The Labute approximate surface area is 166 Å². The van der Waals surface area contributed by atoms with Gasteiger partial charge in [-0.15, -0.1) is 0 Å². The van der Waals surface area contributed by atoms with Crippen LogP contribution >= 0.6 is 0 Å². The molecule has 29 heavy (non-hydrogen) atoms. The summed E-state index contributed by atoms with van der Waals surface area (Å²) >= 11 is 0. The second-order valence-corrected chi connectivity index (χ2v) is 7.16. The number of benzene rings is 2. The average Bonchev–Trinajstić information content (AvgIpc) is 3.02. The molecule has 2 amide bonds. The van der Waals surface area contributed by atoms with E-state index in [-0.39, 0.29) is 11.9 Å². The van der Waals surface area contributed by atoms with Crippen LogP contribution in [-0.4, -0.2) is 24.4 Å². The van der Waals surface area contributed by atoms with Crippen LogP contribution in [0.5, 0.6) is 0 Å². The van der Waals surface area contributed by atoms with Crippen LogP contribution in [0.2, 0.25) is 0 Å². The molecule has 4 rings (SSSR count). The molecule has 2 aromatic carbocycles. The molecule has 0 N–H and O–H groups in total. The van der Waals surface area contributed by atoms with Gasteiger partial charge in [-0.1, -0.05) is 18.2 Å². The molecule has 0 radical (unpaired) electrons. The Hall–Kier alpha value is -3.09. The van der Waals surface area contributed by atoms with Crippen molar-refractivity contribution in [3.63, 3.8) is 0 Å². The highest BCUT2D eigenvalue weighted by molar-refractivity contribution is 6.31. The zero-order chi connectivity index (χ0) is 20.6. The quantitative estimate of drug-likeness (QED) is 0.709. The van der Waals surface area contributed by atoms with Crippen LogP contribution in [0.15, 0.2) is 66.2 Å². The number of imide groups is 1. The zero-order valence-electron chi connectivity index (χ0n) is 15.5. The third kappa shape index (κ3) is 3.64. The van der Waals surface area contributed by atoms with Gasteiger partial charge in [0.1, 0.15) is 0 Å². The van der Waals surface area contributed by atoms with Gasteiger partial charge in [-0.2, -0.15) is 13.2 Å². The van der Waals surface area contributed by atoms with Crippen LogP contribution in [0, 0.1) is 0 Å². The first kappa shape index (κ1) is 19.2. The number of rotatable bonds is 3. The molecule has 0 aliphatic carbocycles. The van der Waals surface area contributed by atoms with Gasteiger partial charge in [-0.3, -0.25) is 9.59 Å². The van der Waals surface area contributed by atoms with Crippen molar-refractivity contribution in [2.75, 3.05) is 16.3 Å². The molecule has 2 heterocycles. The van der Waals surface area contributed by atoms with Crippen molar-refractivity contribution in [1.29, 1.82) is 0 Å². The minimum atomic E-state index is -4.40. The lowest BCUT2D eigenvalue weighted by molar-refractivity contribution is -0.137. The summed E-state index contributed by atoms with van der Waals surface area (Å²) in [5, 5.41) is 0. The van der Waals surface area contributed by atoms with E-state index >= 15 is 0 Å². The molecule has 1 saturated heterocycles. The first-order valence-electron chi connectivity index (χ1n) is 9.45. The topological polar surface area (TPSA) is 40.6 Å². The van der Waals surface area contributed by atoms with Crippen molar-refractivity contribution in [3.05, 3.63) is 71.8 Å². The number of hydrogen-bond donors (Lipinski definition) is 0. The fourth-order valence-corrected chi connectivity index (χ4v) is 3.95. The SMILES string of the molecule is O=C1C=C(C2CCCCN2c2ccc(C(F)(F)F)cc2)C(=O)N1c1ccccc1. The normalized spacial score (nSPS) is 20.2. The molecule has 7 heteroatoms. The second kappa shape index (κ2) is 7.39. The standard InChI is InChI=1S/C22H19F3N2O2/c23-22(24,25)15-9-11-16(12-10-15)26-13-5-4-8-19(26)18-14-20(28)27(21(18)29)17-6-2-1-3-7-17/h1-3,6-7,9-12,14,19H,4-5,8,13H2. The molecule has 2 aliphatic heterocycles. The summed E-state index contributed by atoms with van der Waals surface area (Å²) < 4.78 is 38.6. The van der Waals surface area contributed by atoms with E-state index < -0.39 is 17.6 Å². The molecular formula is C22H19F3N2O2. The first-order valence-corrected chi connectivity index (χ1v) is 9.45. The molecule has 1 atom stereocenters. The summed E-state index contributed by atoms with van der Waals surface area (Å²) in [4.78, 5) is 28.6. The number of piperidine rings is 1. The predicted octanol–water partition coefficient (Wildman–Crippen LogP) is 4.56. The van der Waals surface area contributed by atoms with Crippen molar-refractivity contribution in [2.45, 2.75) is 31.5 Å². The third-order valence-corrected chi connectivity index (χ3v) is 5.35. The van der Waals surface area contributed by atoms with Crippen molar-refractivity contribution >= 4 is 23.2 Å². The summed E-state index contributed by atoms with van der Waals surface area (Å²) in [5.41, 5.74) is 0.794. The zero-order valence-corrected chi connectivity index (χ0v) is 15.5. The summed E-state index contributed by atoms with van der Waals surface area (Å²) in [6, 6.07) is 13.3. The van der Waals surface area contributed by atoms with Crippen LogP contribution in [0.4, 0.5) is 24.5 Å². The first-order chi connectivity index (χ1) is 13.9. The Bertz CT molecular complexity index is 952. The number of alkyl halides is 3. The highest BCUT2D eigenvalue weighted by Crippen LogP contribution is 2.35. The number of anilines is 2. The number of halogens is 3. The van der Waals surface area contributed by atoms with Gasteiger partial charge in [0.25, 0.3) is 11.8 Å². The maximum absolute atomic E-state index is 13.0. The number of nitrogens with zero attached hydrogens (tertiary/aromatic N) is 2. The van der Waals surface area contributed by atoms with Crippen LogP contribution in [0.3, 0.4) is 0 Å². The van der Waals surface area contributed by atoms with Gasteiger partial charge in [-0.25, -0.2) is 4.90 Å². The van der Waals surface area contributed by atoms with Crippen molar-refractivity contribution in [3.8, 4) is 0 Å². The molecule has 2 aromatic rings. The van der Waals surface area contributed by atoms with Crippen molar-refractivity contribution in [2.24, 2.45) is 0 Å². The smallest absolute Gasteiger partial charge is 0.364 e. The maximum Gasteiger partial charge on any atom is 0.416 e. The van der Waals surface area contributed by atoms with Crippen LogP contribution in [0.1, 0.15) is 24.8 Å². The number of para-hydroxylation sites is 1. The van der Waals surface area contributed by atoms with E-state index in [4.69, 9.17) is 0 Å². The Morgan fingerprint density at radius 3 is 2.21 bits per heavy atom.